The molecule has 2 rings (SSSR count). The maximum atomic E-state index is 11.4. The van der Waals surface area contributed by atoms with Crippen LogP contribution in [0.1, 0.15) is 13.3 Å². The van der Waals surface area contributed by atoms with Gasteiger partial charge in [0, 0.05) is 26.3 Å². The van der Waals surface area contributed by atoms with Crippen molar-refractivity contribution in [1.29, 1.82) is 0 Å². The van der Waals surface area contributed by atoms with Crippen molar-refractivity contribution < 1.29 is 14.3 Å². The molecule has 7 nitrogen and oxygen atoms in total. The molecular weight excluding hydrogens is 415 g/mol. The maximum Gasteiger partial charge on any atom is 0.307 e. The summed E-state index contributed by atoms with van der Waals surface area (Å²) in [6, 6.07) is 3.27. The third kappa shape index (κ3) is 5.76. The minimum absolute atomic E-state index is 0.141. The fourth-order valence-electron chi connectivity index (χ4n) is 2.13. The van der Waals surface area contributed by atoms with Crippen LogP contribution in [0.4, 0.5) is 11.5 Å². The molecule has 1 N–H and O–H groups in total. The molecule has 1 aromatic carbocycles. The first kappa shape index (κ1) is 21.3. The van der Waals surface area contributed by atoms with Gasteiger partial charge in [-0.2, -0.15) is 4.98 Å². The highest BCUT2D eigenvalue weighted by Gasteiger charge is 2.17. The van der Waals surface area contributed by atoms with E-state index >= 15 is 0 Å². The van der Waals surface area contributed by atoms with E-state index < -0.39 is 0 Å². The molecule has 0 amide bonds. The summed E-state index contributed by atoms with van der Waals surface area (Å²) in [5.41, 5.74) is 0.643. The summed E-state index contributed by atoms with van der Waals surface area (Å²) < 4.78 is 10.6. The summed E-state index contributed by atoms with van der Waals surface area (Å²) in [7, 11) is 3.60. The van der Waals surface area contributed by atoms with E-state index in [9.17, 15) is 4.79 Å². The molecule has 2 aromatic rings. The molecule has 10 heteroatoms. The van der Waals surface area contributed by atoms with E-state index in [1.165, 1.54) is 6.33 Å². The van der Waals surface area contributed by atoms with Crippen LogP contribution in [0.2, 0.25) is 15.1 Å². The van der Waals surface area contributed by atoms with Crippen molar-refractivity contribution in [3.8, 4) is 11.6 Å². The molecule has 0 fully saturated rings. The molecule has 0 bridgehead atoms. The van der Waals surface area contributed by atoms with Crippen LogP contribution in [0, 0.1) is 0 Å². The van der Waals surface area contributed by atoms with Gasteiger partial charge >= 0.3 is 5.97 Å². The molecule has 0 aliphatic carbocycles. The first-order chi connectivity index (χ1) is 12.8. The molecule has 1 heterocycles. The van der Waals surface area contributed by atoms with Gasteiger partial charge in [-0.05, 0) is 19.1 Å². The molecule has 146 valence electrons. The number of hydrogen-bond donors (Lipinski definition) is 1. The zero-order valence-electron chi connectivity index (χ0n) is 15.1. The Labute approximate surface area is 172 Å². The second kappa shape index (κ2) is 9.82. The Morgan fingerprint density at radius 3 is 2.44 bits per heavy atom. The number of hydrogen-bond acceptors (Lipinski definition) is 7. The van der Waals surface area contributed by atoms with Crippen molar-refractivity contribution in [2.45, 2.75) is 13.3 Å². The highest BCUT2D eigenvalue weighted by atomic mass is 35.5. The van der Waals surface area contributed by atoms with Gasteiger partial charge in [-0.25, -0.2) is 4.98 Å². The van der Waals surface area contributed by atoms with Gasteiger partial charge in [-0.3, -0.25) is 4.79 Å². The average molecular weight is 434 g/mol. The second-order valence-electron chi connectivity index (χ2n) is 5.56. The van der Waals surface area contributed by atoms with Crippen LogP contribution in [0.5, 0.6) is 11.6 Å². The van der Waals surface area contributed by atoms with E-state index in [4.69, 9.17) is 44.3 Å². The van der Waals surface area contributed by atoms with Gasteiger partial charge in [0.15, 0.2) is 11.6 Å². The Hall–Kier alpha value is -1.96. The Morgan fingerprint density at radius 2 is 1.85 bits per heavy atom. The zero-order chi connectivity index (χ0) is 20.0. The van der Waals surface area contributed by atoms with Crippen molar-refractivity contribution >= 4 is 52.3 Å². The standard InChI is InChI=1S/C17H19Cl3N4O3/c1-4-26-13(25)5-6-21-10-7-11(18)15(12(19)8-10)27-17-14(20)16(24(2)3)22-9-23-17/h7-9,21H,4-6H2,1-3H3. The maximum absolute atomic E-state index is 11.4. The number of carbonyl (C=O) groups excluding carboxylic acids is 1. The number of nitrogens with one attached hydrogen (secondary N) is 1. The normalized spacial score (nSPS) is 10.4. The number of carbonyl (C=O) groups is 1. The molecule has 0 saturated heterocycles. The van der Waals surface area contributed by atoms with Crippen molar-refractivity contribution in [3.63, 3.8) is 0 Å². The van der Waals surface area contributed by atoms with Crippen molar-refractivity contribution in [1.82, 2.24) is 9.97 Å². The third-order valence-corrected chi connectivity index (χ3v) is 4.22. The number of rotatable bonds is 8. The van der Waals surface area contributed by atoms with E-state index in [1.807, 2.05) is 0 Å². The van der Waals surface area contributed by atoms with Crippen LogP contribution in [0.25, 0.3) is 0 Å². The topological polar surface area (TPSA) is 76.6 Å². The molecule has 0 aliphatic rings. The fraction of sp³-hybridized carbons (Fsp3) is 0.353. The van der Waals surface area contributed by atoms with Gasteiger partial charge in [-0.1, -0.05) is 34.8 Å². The van der Waals surface area contributed by atoms with Crippen LogP contribution in [-0.4, -0.2) is 43.2 Å². The lowest BCUT2D eigenvalue weighted by Crippen LogP contribution is -2.12. The zero-order valence-corrected chi connectivity index (χ0v) is 17.3. The molecule has 27 heavy (non-hydrogen) atoms. The van der Waals surface area contributed by atoms with Crippen molar-refractivity contribution in [2.24, 2.45) is 0 Å². The summed E-state index contributed by atoms with van der Waals surface area (Å²) in [4.78, 5) is 21.2. The highest BCUT2D eigenvalue weighted by molar-refractivity contribution is 6.38. The molecule has 0 saturated carbocycles. The van der Waals surface area contributed by atoms with Crippen LogP contribution in [-0.2, 0) is 9.53 Å². The molecule has 0 unspecified atom stereocenters. The number of anilines is 2. The van der Waals surface area contributed by atoms with Crippen LogP contribution >= 0.6 is 34.8 Å². The Balaban J connectivity index is 2.13. The minimum Gasteiger partial charge on any atom is -0.466 e. The Kier molecular flexibility index (Phi) is 7.77. The van der Waals surface area contributed by atoms with Crippen LogP contribution in [0.3, 0.4) is 0 Å². The van der Waals surface area contributed by atoms with Gasteiger partial charge in [0.2, 0.25) is 5.88 Å². The number of halogens is 3. The molecule has 0 spiro atoms. The third-order valence-electron chi connectivity index (χ3n) is 3.32. The van der Waals surface area contributed by atoms with E-state index in [2.05, 4.69) is 15.3 Å². The lowest BCUT2D eigenvalue weighted by Gasteiger charge is -2.16. The Morgan fingerprint density at radius 1 is 1.19 bits per heavy atom. The minimum atomic E-state index is -0.280. The van der Waals surface area contributed by atoms with Gasteiger partial charge in [-0.15, -0.1) is 0 Å². The number of aromatic nitrogens is 2. The largest absolute Gasteiger partial charge is 0.466 e. The monoisotopic (exact) mass is 432 g/mol. The molecule has 0 atom stereocenters. The predicted molar refractivity (Wildman–Crippen MR) is 108 cm³/mol. The summed E-state index contributed by atoms with van der Waals surface area (Å²) >= 11 is 18.9. The molecule has 0 aliphatic heterocycles. The second-order valence-corrected chi connectivity index (χ2v) is 6.76. The van der Waals surface area contributed by atoms with E-state index in [0.29, 0.717) is 24.7 Å². The van der Waals surface area contributed by atoms with Crippen LogP contribution < -0.4 is 15.0 Å². The highest BCUT2D eigenvalue weighted by Crippen LogP contribution is 2.41. The number of ether oxygens (including phenoxy) is 2. The van der Waals surface area contributed by atoms with E-state index in [1.54, 1.807) is 38.1 Å². The lowest BCUT2D eigenvalue weighted by atomic mass is 10.3. The van der Waals surface area contributed by atoms with Crippen molar-refractivity contribution in [2.75, 3.05) is 37.5 Å². The quantitative estimate of drug-likeness (QED) is 0.607. The summed E-state index contributed by atoms with van der Waals surface area (Å²) in [6.07, 6.45) is 1.56. The number of esters is 1. The Bertz CT molecular complexity index is 795. The van der Waals surface area contributed by atoms with Gasteiger partial charge in [0.05, 0.1) is 23.1 Å². The predicted octanol–water partition coefficient (Wildman–Crippen LogP) is 4.66. The molecule has 0 radical (unpaired) electrons. The SMILES string of the molecule is CCOC(=O)CCNc1cc(Cl)c(Oc2ncnc(N(C)C)c2Cl)c(Cl)c1. The molecular formula is C17H19Cl3N4O3. The first-order valence-electron chi connectivity index (χ1n) is 8.07. The van der Waals surface area contributed by atoms with Gasteiger partial charge in [0.1, 0.15) is 11.3 Å². The fourth-order valence-corrected chi connectivity index (χ4v) is 3.00. The summed E-state index contributed by atoms with van der Waals surface area (Å²) in [6.45, 7) is 2.49. The summed E-state index contributed by atoms with van der Waals surface area (Å²) in [5, 5.41) is 3.83. The van der Waals surface area contributed by atoms with E-state index in [-0.39, 0.29) is 39.1 Å². The van der Waals surface area contributed by atoms with Gasteiger partial charge in [0.25, 0.3) is 0 Å². The summed E-state index contributed by atoms with van der Waals surface area (Å²) in [5.74, 6) is 0.588. The lowest BCUT2D eigenvalue weighted by molar-refractivity contribution is -0.142. The van der Waals surface area contributed by atoms with E-state index in [0.717, 1.165) is 0 Å². The smallest absolute Gasteiger partial charge is 0.307 e. The number of nitrogens with zero attached hydrogens (tertiary/aromatic N) is 3. The van der Waals surface area contributed by atoms with Gasteiger partial charge < -0.3 is 19.7 Å². The van der Waals surface area contributed by atoms with Crippen LogP contribution in [0.15, 0.2) is 18.5 Å². The first-order valence-corrected chi connectivity index (χ1v) is 9.21. The average Bonchev–Trinajstić information content (AvgIpc) is 2.59. The molecule has 1 aromatic heterocycles. The number of benzene rings is 1. The van der Waals surface area contributed by atoms with Crippen molar-refractivity contribution in [3.05, 3.63) is 33.5 Å².